The molecule has 5 nitrogen and oxygen atoms in total. The summed E-state index contributed by atoms with van der Waals surface area (Å²) in [6.07, 6.45) is 1.57. The zero-order chi connectivity index (χ0) is 10.9. The maximum atomic E-state index is 10.3. The van der Waals surface area contributed by atoms with Gasteiger partial charge in [-0.15, -0.1) is 0 Å². The number of nitrogens with one attached hydrogen (secondary N) is 3. The lowest BCUT2D eigenvalue weighted by atomic mass is 9.99. The van der Waals surface area contributed by atoms with E-state index >= 15 is 0 Å². The molecule has 2 fully saturated rings. The van der Waals surface area contributed by atoms with Crippen LogP contribution in [0.5, 0.6) is 0 Å². The van der Waals surface area contributed by atoms with Gasteiger partial charge >= 0.3 is 5.97 Å². The summed E-state index contributed by atoms with van der Waals surface area (Å²) in [5, 5.41) is 18.1. The third kappa shape index (κ3) is 5.71. The molecule has 2 saturated heterocycles. The van der Waals surface area contributed by atoms with Gasteiger partial charge in [0.15, 0.2) is 0 Å². The molecule has 0 atom stereocenters. The van der Waals surface area contributed by atoms with Gasteiger partial charge in [0.05, 0.1) is 5.92 Å². The Morgan fingerprint density at radius 1 is 0.867 bits per heavy atom. The molecule has 0 unspecified atom stereocenters. The minimum atomic E-state index is -0.642. The summed E-state index contributed by atoms with van der Waals surface area (Å²) in [7, 11) is 0. The lowest BCUT2D eigenvalue weighted by molar-refractivity contribution is -0.142. The minimum absolute atomic E-state index is 0.0914. The number of carboxylic acids is 1. The van der Waals surface area contributed by atoms with Gasteiger partial charge in [0.1, 0.15) is 0 Å². The molecular formula is C10H21N3O2. The van der Waals surface area contributed by atoms with E-state index in [9.17, 15) is 4.79 Å². The molecule has 0 aliphatic carbocycles. The molecule has 0 aromatic rings. The van der Waals surface area contributed by atoms with Crippen LogP contribution in [0.4, 0.5) is 0 Å². The summed E-state index contributed by atoms with van der Waals surface area (Å²) in [5.41, 5.74) is 0. The van der Waals surface area contributed by atoms with E-state index < -0.39 is 5.97 Å². The van der Waals surface area contributed by atoms with Gasteiger partial charge in [-0.25, -0.2) is 0 Å². The second kappa shape index (κ2) is 7.62. The predicted molar refractivity (Wildman–Crippen MR) is 59.0 cm³/mol. The Hall–Kier alpha value is -0.650. The molecule has 2 rings (SSSR count). The zero-order valence-electron chi connectivity index (χ0n) is 9.09. The van der Waals surface area contributed by atoms with Gasteiger partial charge in [-0.3, -0.25) is 4.79 Å². The SMILES string of the molecule is C1CNCCN1.O=C(O)C1CCNCC1. The van der Waals surface area contributed by atoms with E-state index in [1.165, 1.54) is 0 Å². The van der Waals surface area contributed by atoms with Gasteiger partial charge in [-0.2, -0.15) is 0 Å². The van der Waals surface area contributed by atoms with Gasteiger partial charge in [0, 0.05) is 26.2 Å². The Kier molecular flexibility index (Phi) is 6.31. The van der Waals surface area contributed by atoms with E-state index in [2.05, 4.69) is 16.0 Å². The van der Waals surface area contributed by atoms with Crippen LogP contribution in [0, 0.1) is 5.92 Å². The van der Waals surface area contributed by atoms with Crippen LogP contribution in [0.2, 0.25) is 0 Å². The second-order valence-electron chi connectivity index (χ2n) is 3.86. The highest BCUT2D eigenvalue weighted by molar-refractivity contribution is 5.70. The summed E-state index contributed by atoms with van der Waals surface area (Å²) in [6, 6.07) is 0. The summed E-state index contributed by atoms with van der Waals surface area (Å²) in [5.74, 6) is -0.734. The highest BCUT2D eigenvalue weighted by atomic mass is 16.4. The van der Waals surface area contributed by atoms with Crippen molar-refractivity contribution in [3.63, 3.8) is 0 Å². The Labute approximate surface area is 90.6 Å². The first-order valence-corrected chi connectivity index (χ1v) is 5.65. The number of rotatable bonds is 1. The first-order valence-electron chi connectivity index (χ1n) is 5.65. The quantitative estimate of drug-likeness (QED) is 0.463. The van der Waals surface area contributed by atoms with E-state index in [0.29, 0.717) is 0 Å². The third-order valence-corrected chi connectivity index (χ3v) is 2.65. The first kappa shape index (κ1) is 12.4. The van der Waals surface area contributed by atoms with Crippen LogP contribution >= 0.6 is 0 Å². The standard InChI is InChI=1S/C6H11NO2.C4H10N2/c8-6(9)5-1-3-7-4-2-5;1-2-6-4-3-5-1/h5,7H,1-4H2,(H,8,9);5-6H,1-4H2. The van der Waals surface area contributed by atoms with E-state index in [-0.39, 0.29) is 5.92 Å². The molecule has 5 heteroatoms. The van der Waals surface area contributed by atoms with Crippen molar-refractivity contribution in [2.75, 3.05) is 39.3 Å². The Morgan fingerprint density at radius 3 is 1.53 bits per heavy atom. The van der Waals surface area contributed by atoms with Crippen molar-refractivity contribution in [1.29, 1.82) is 0 Å². The van der Waals surface area contributed by atoms with Crippen molar-refractivity contribution in [1.82, 2.24) is 16.0 Å². The molecule has 15 heavy (non-hydrogen) atoms. The molecule has 0 radical (unpaired) electrons. The number of aliphatic carboxylic acids is 1. The Bertz CT molecular complexity index is 166. The van der Waals surface area contributed by atoms with E-state index in [4.69, 9.17) is 5.11 Å². The van der Waals surface area contributed by atoms with Crippen LogP contribution in [0.3, 0.4) is 0 Å². The van der Waals surface area contributed by atoms with Crippen LogP contribution in [-0.4, -0.2) is 50.3 Å². The number of carbonyl (C=O) groups is 1. The predicted octanol–water partition coefficient (Wildman–Crippen LogP) is -0.750. The number of hydrogen-bond acceptors (Lipinski definition) is 4. The summed E-state index contributed by atoms with van der Waals surface area (Å²) < 4.78 is 0. The topological polar surface area (TPSA) is 73.4 Å². The van der Waals surface area contributed by atoms with E-state index in [0.717, 1.165) is 52.1 Å². The van der Waals surface area contributed by atoms with Crippen molar-refractivity contribution < 1.29 is 9.90 Å². The Balaban J connectivity index is 0.000000162. The molecule has 2 heterocycles. The molecule has 2 aliphatic heterocycles. The van der Waals surface area contributed by atoms with Gasteiger partial charge in [0.2, 0.25) is 0 Å². The molecule has 0 bridgehead atoms. The van der Waals surface area contributed by atoms with Crippen LogP contribution in [0.15, 0.2) is 0 Å². The number of carboxylic acid groups (broad SMARTS) is 1. The smallest absolute Gasteiger partial charge is 0.306 e. The third-order valence-electron chi connectivity index (χ3n) is 2.65. The van der Waals surface area contributed by atoms with Crippen molar-refractivity contribution in [2.45, 2.75) is 12.8 Å². The minimum Gasteiger partial charge on any atom is -0.481 e. The normalized spacial score (nSPS) is 22.7. The lowest BCUT2D eigenvalue weighted by Gasteiger charge is -2.17. The molecule has 4 N–H and O–H groups in total. The zero-order valence-corrected chi connectivity index (χ0v) is 9.09. The monoisotopic (exact) mass is 215 g/mol. The maximum absolute atomic E-state index is 10.3. The van der Waals surface area contributed by atoms with Gasteiger partial charge in [-0.05, 0) is 25.9 Å². The maximum Gasteiger partial charge on any atom is 0.306 e. The van der Waals surface area contributed by atoms with Crippen LogP contribution in [0.1, 0.15) is 12.8 Å². The lowest BCUT2D eigenvalue weighted by Crippen LogP contribution is -2.39. The highest BCUT2D eigenvalue weighted by Gasteiger charge is 2.18. The average Bonchev–Trinajstić information content (AvgIpc) is 2.33. The highest BCUT2D eigenvalue weighted by Crippen LogP contribution is 2.10. The molecule has 0 aromatic heterocycles. The number of hydrogen-bond donors (Lipinski definition) is 4. The fraction of sp³-hybridized carbons (Fsp3) is 0.900. The van der Waals surface area contributed by atoms with Gasteiger partial charge < -0.3 is 21.1 Å². The van der Waals surface area contributed by atoms with Crippen molar-refractivity contribution in [3.05, 3.63) is 0 Å². The number of piperazine rings is 1. The molecule has 0 aromatic carbocycles. The molecule has 88 valence electrons. The molecule has 0 amide bonds. The molecular weight excluding hydrogens is 194 g/mol. The van der Waals surface area contributed by atoms with Crippen molar-refractivity contribution in [3.8, 4) is 0 Å². The van der Waals surface area contributed by atoms with E-state index in [1.807, 2.05) is 0 Å². The van der Waals surface area contributed by atoms with Crippen LogP contribution < -0.4 is 16.0 Å². The molecule has 0 spiro atoms. The molecule has 0 saturated carbocycles. The van der Waals surface area contributed by atoms with Gasteiger partial charge in [0.25, 0.3) is 0 Å². The fourth-order valence-electron chi connectivity index (χ4n) is 1.67. The second-order valence-corrected chi connectivity index (χ2v) is 3.86. The average molecular weight is 215 g/mol. The van der Waals surface area contributed by atoms with E-state index in [1.54, 1.807) is 0 Å². The van der Waals surface area contributed by atoms with Crippen LogP contribution in [-0.2, 0) is 4.79 Å². The largest absolute Gasteiger partial charge is 0.481 e. The first-order chi connectivity index (χ1) is 7.30. The molecule has 2 aliphatic rings. The van der Waals surface area contributed by atoms with Crippen molar-refractivity contribution in [2.24, 2.45) is 5.92 Å². The summed E-state index contributed by atoms with van der Waals surface area (Å²) in [6.45, 7) is 6.27. The Morgan fingerprint density at radius 2 is 1.27 bits per heavy atom. The summed E-state index contributed by atoms with van der Waals surface area (Å²) in [4.78, 5) is 10.3. The van der Waals surface area contributed by atoms with Crippen LogP contribution in [0.25, 0.3) is 0 Å². The van der Waals surface area contributed by atoms with Crippen molar-refractivity contribution >= 4 is 5.97 Å². The summed E-state index contributed by atoms with van der Waals surface area (Å²) >= 11 is 0. The van der Waals surface area contributed by atoms with Gasteiger partial charge in [-0.1, -0.05) is 0 Å². The fourth-order valence-corrected chi connectivity index (χ4v) is 1.67. The number of piperidine rings is 1.